The summed E-state index contributed by atoms with van der Waals surface area (Å²) in [6.45, 7) is 13.3. The lowest BCUT2D eigenvalue weighted by atomic mass is 9.90. The molecule has 0 aliphatic carbocycles. The van der Waals surface area contributed by atoms with Gasteiger partial charge in [-0.3, -0.25) is 0 Å². The molecule has 0 spiro atoms. The third-order valence-corrected chi connectivity index (χ3v) is 4.31. The van der Waals surface area contributed by atoms with Crippen molar-refractivity contribution >= 4 is 21.6 Å². The number of aryl methyl sites for hydroxylation is 1. The van der Waals surface area contributed by atoms with Crippen molar-refractivity contribution in [3.63, 3.8) is 0 Å². The summed E-state index contributed by atoms with van der Waals surface area (Å²) in [5.41, 5.74) is 2.87. The van der Waals surface area contributed by atoms with Gasteiger partial charge in [0.05, 0.1) is 5.69 Å². The highest BCUT2D eigenvalue weighted by Gasteiger charge is 2.38. The molecule has 0 unspecified atom stereocenters. The third-order valence-electron chi connectivity index (χ3n) is 3.68. The summed E-state index contributed by atoms with van der Waals surface area (Å²) < 4.78 is 1.19. The molecule has 1 aromatic carbocycles. The Morgan fingerprint density at radius 2 is 1.89 bits per heavy atom. The van der Waals surface area contributed by atoms with Gasteiger partial charge in [-0.1, -0.05) is 6.07 Å². The molecule has 0 radical (unpaired) electrons. The lowest BCUT2D eigenvalue weighted by molar-refractivity contribution is 0.260. The normalized spacial score (nSPS) is 22.0. The molecule has 0 aromatic heterocycles. The van der Waals surface area contributed by atoms with Crippen LogP contribution in [0.1, 0.15) is 33.3 Å². The molecule has 1 aliphatic heterocycles. The Labute approximate surface area is 119 Å². The second-order valence-electron chi connectivity index (χ2n) is 6.59. The number of hydrogen-bond donors (Lipinski definition) is 1. The van der Waals surface area contributed by atoms with Gasteiger partial charge in [0, 0.05) is 28.6 Å². The number of piperazine rings is 1. The van der Waals surface area contributed by atoms with Crippen molar-refractivity contribution in [3.05, 3.63) is 28.2 Å². The summed E-state index contributed by atoms with van der Waals surface area (Å²) >= 11 is 3.71. The fourth-order valence-corrected chi connectivity index (χ4v) is 3.17. The zero-order chi connectivity index (χ0) is 13.6. The zero-order valence-electron chi connectivity index (χ0n) is 12.0. The van der Waals surface area contributed by atoms with Gasteiger partial charge >= 0.3 is 0 Å². The number of rotatable bonds is 1. The first-order valence-corrected chi connectivity index (χ1v) is 7.29. The molecule has 0 amide bonds. The van der Waals surface area contributed by atoms with Crippen molar-refractivity contribution in [1.29, 1.82) is 0 Å². The van der Waals surface area contributed by atoms with Crippen LogP contribution in [0.15, 0.2) is 22.7 Å². The summed E-state index contributed by atoms with van der Waals surface area (Å²) in [5.74, 6) is 0. The van der Waals surface area contributed by atoms with Crippen LogP contribution in [-0.4, -0.2) is 24.2 Å². The van der Waals surface area contributed by atoms with Crippen LogP contribution >= 0.6 is 15.9 Å². The highest BCUT2D eigenvalue weighted by Crippen LogP contribution is 2.35. The first kappa shape index (κ1) is 13.9. The van der Waals surface area contributed by atoms with Gasteiger partial charge in [-0.25, -0.2) is 0 Å². The average Bonchev–Trinajstić information content (AvgIpc) is 2.23. The van der Waals surface area contributed by atoms with Gasteiger partial charge in [0.1, 0.15) is 0 Å². The zero-order valence-corrected chi connectivity index (χ0v) is 13.6. The Morgan fingerprint density at radius 3 is 2.50 bits per heavy atom. The van der Waals surface area contributed by atoms with Gasteiger partial charge in [0.25, 0.3) is 0 Å². The molecule has 2 rings (SSSR count). The van der Waals surface area contributed by atoms with E-state index in [1.165, 1.54) is 15.7 Å². The quantitative estimate of drug-likeness (QED) is 0.850. The minimum Gasteiger partial charge on any atom is -0.362 e. The van der Waals surface area contributed by atoms with E-state index in [0.29, 0.717) is 0 Å². The first-order valence-electron chi connectivity index (χ1n) is 6.50. The fourth-order valence-electron chi connectivity index (χ4n) is 2.46. The van der Waals surface area contributed by atoms with Crippen LogP contribution in [0.5, 0.6) is 0 Å². The van der Waals surface area contributed by atoms with E-state index in [0.717, 1.165) is 13.1 Å². The lowest BCUT2D eigenvalue weighted by Gasteiger charge is -2.51. The summed E-state index contributed by atoms with van der Waals surface area (Å²) in [5, 5.41) is 3.62. The van der Waals surface area contributed by atoms with E-state index < -0.39 is 0 Å². The molecule has 0 bridgehead atoms. The van der Waals surface area contributed by atoms with Crippen LogP contribution in [0.2, 0.25) is 0 Å². The Hall–Kier alpha value is -0.540. The Morgan fingerprint density at radius 1 is 1.22 bits per heavy atom. The van der Waals surface area contributed by atoms with Crippen LogP contribution in [0.3, 0.4) is 0 Å². The molecule has 100 valence electrons. The predicted molar refractivity (Wildman–Crippen MR) is 82.4 cm³/mol. The minimum absolute atomic E-state index is 0.132. The third kappa shape index (κ3) is 2.72. The van der Waals surface area contributed by atoms with Crippen LogP contribution < -0.4 is 10.2 Å². The maximum absolute atomic E-state index is 3.71. The Balaban J connectivity index is 2.39. The van der Waals surface area contributed by atoms with Crippen LogP contribution in [0, 0.1) is 6.92 Å². The van der Waals surface area contributed by atoms with E-state index in [1.807, 2.05) is 0 Å². The molecule has 1 heterocycles. The molecular weight excluding hydrogens is 288 g/mol. The topological polar surface area (TPSA) is 15.3 Å². The first-order chi connectivity index (χ1) is 8.21. The number of benzene rings is 1. The molecule has 1 aliphatic rings. The van der Waals surface area contributed by atoms with Crippen molar-refractivity contribution in [2.45, 2.75) is 45.7 Å². The molecule has 1 saturated heterocycles. The molecule has 3 heteroatoms. The number of anilines is 1. The lowest BCUT2D eigenvalue weighted by Crippen LogP contribution is -2.66. The number of nitrogens with one attached hydrogen (secondary N) is 1. The van der Waals surface area contributed by atoms with Crippen LogP contribution in [-0.2, 0) is 0 Å². The van der Waals surface area contributed by atoms with Crippen molar-refractivity contribution in [2.24, 2.45) is 0 Å². The van der Waals surface area contributed by atoms with E-state index in [1.54, 1.807) is 0 Å². The minimum atomic E-state index is 0.132. The average molecular weight is 311 g/mol. The van der Waals surface area contributed by atoms with E-state index in [-0.39, 0.29) is 11.1 Å². The molecule has 0 saturated carbocycles. The SMILES string of the molecule is Cc1ccc(N2CC(C)(C)NCC2(C)C)c(Br)c1. The maximum Gasteiger partial charge on any atom is 0.0516 e. The molecule has 1 fully saturated rings. The van der Waals surface area contributed by atoms with Crippen LogP contribution in [0.4, 0.5) is 5.69 Å². The fraction of sp³-hybridized carbons (Fsp3) is 0.600. The monoisotopic (exact) mass is 310 g/mol. The van der Waals surface area contributed by atoms with E-state index in [2.05, 4.69) is 79.0 Å². The van der Waals surface area contributed by atoms with E-state index in [4.69, 9.17) is 0 Å². The van der Waals surface area contributed by atoms with Gasteiger partial charge in [-0.05, 0) is 68.2 Å². The van der Waals surface area contributed by atoms with Gasteiger partial charge in [0.15, 0.2) is 0 Å². The van der Waals surface area contributed by atoms with E-state index >= 15 is 0 Å². The molecule has 0 atom stereocenters. The largest absolute Gasteiger partial charge is 0.362 e. The van der Waals surface area contributed by atoms with Gasteiger partial charge in [-0.2, -0.15) is 0 Å². The highest BCUT2D eigenvalue weighted by molar-refractivity contribution is 9.10. The summed E-state index contributed by atoms with van der Waals surface area (Å²) in [4.78, 5) is 2.51. The summed E-state index contributed by atoms with van der Waals surface area (Å²) in [7, 11) is 0. The van der Waals surface area contributed by atoms with Crippen LogP contribution in [0.25, 0.3) is 0 Å². The molecule has 1 aromatic rings. The van der Waals surface area contributed by atoms with E-state index in [9.17, 15) is 0 Å². The predicted octanol–water partition coefficient (Wildman–Crippen LogP) is 3.72. The molecule has 1 N–H and O–H groups in total. The second kappa shape index (κ2) is 4.53. The van der Waals surface area contributed by atoms with Crippen molar-refractivity contribution in [3.8, 4) is 0 Å². The second-order valence-corrected chi connectivity index (χ2v) is 7.45. The Kier molecular flexibility index (Phi) is 3.50. The molecular formula is C15H23BrN2. The van der Waals surface area contributed by atoms with Gasteiger partial charge < -0.3 is 10.2 Å². The maximum atomic E-state index is 3.71. The number of halogens is 1. The molecule has 18 heavy (non-hydrogen) atoms. The van der Waals surface area contributed by atoms with Crippen molar-refractivity contribution in [1.82, 2.24) is 5.32 Å². The number of hydrogen-bond acceptors (Lipinski definition) is 2. The Bertz CT molecular complexity index is 452. The standard InChI is InChI=1S/C15H23BrN2/c1-11-6-7-13(12(16)8-11)18-10-14(2,3)17-9-15(18,4)5/h6-8,17H,9-10H2,1-5H3. The highest BCUT2D eigenvalue weighted by atomic mass is 79.9. The smallest absolute Gasteiger partial charge is 0.0516 e. The van der Waals surface area contributed by atoms with Crippen molar-refractivity contribution in [2.75, 3.05) is 18.0 Å². The van der Waals surface area contributed by atoms with Gasteiger partial charge in [0.2, 0.25) is 0 Å². The molecule has 2 nitrogen and oxygen atoms in total. The number of nitrogens with zero attached hydrogens (tertiary/aromatic N) is 1. The van der Waals surface area contributed by atoms with Gasteiger partial charge in [-0.15, -0.1) is 0 Å². The summed E-state index contributed by atoms with van der Waals surface area (Å²) in [6, 6.07) is 6.61. The summed E-state index contributed by atoms with van der Waals surface area (Å²) in [6.07, 6.45) is 0. The van der Waals surface area contributed by atoms with Crippen molar-refractivity contribution < 1.29 is 0 Å².